The third-order valence-corrected chi connectivity index (χ3v) is 2.79. The van der Waals surface area contributed by atoms with Crippen LogP contribution < -0.4 is 0 Å². The Kier molecular flexibility index (Phi) is 2.90. The molecule has 2 rings (SSSR count). The van der Waals surface area contributed by atoms with Crippen LogP contribution in [-0.2, 0) is 6.42 Å². The maximum absolute atomic E-state index is 13.2. The molecule has 0 atom stereocenters. The minimum atomic E-state index is -2.59. The lowest BCUT2D eigenvalue weighted by molar-refractivity contribution is -0.00216. The minimum absolute atomic E-state index is 0.111. The van der Waals surface area contributed by atoms with Gasteiger partial charge in [-0.3, -0.25) is 0 Å². The Morgan fingerprint density at radius 3 is 2.38 bits per heavy atom. The molecule has 0 aliphatic carbocycles. The lowest BCUT2D eigenvalue weighted by Gasteiger charge is -2.14. The first-order valence-electron chi connectivity index (χ1n) is 5.46. The Hall–Kier alpha value is -1.44. The van der Waals surface area contributed by atoms with Crippen LogP contribution in [-0.4, -0.2) is 5.92 Å². The van der Waals surface area contributed by atoms with Crippen molar-refractivity contribution in [2.45, 2.75) is 25.7 Å². The number of alkyl halides is 2. The summed E-state index contributed by atoms with van der Waals surface area (Å²) in [6, 6.07) is 13.3. The van der Waals surface area contributed by atoms with E-state index in [0.29, 0.717) is 5.56 Å². The highest BCUT2D eigenvalue weighted by Crippen LogP contribution is 2.25. The molecule has 16 heavy (non-hydrogen) atoms. The fourth-order valence-corrected chi connectivity index (χ4v) is 1.77. The van der Waals surface area contributed by atoms with Crippen molar-refractivity contribution in [1.29, 1.82) is 0 Å². The Labute approximate surface area is 93.9 Å². The molecule has 2 aromatic carbocycles. The van der Waals surface area contributed by atoms with Gasteiger partial charge >= 0.3 is 0 Å². The molecular formula is C14H14F2. The monoisotopic (exact) mass is 220 g/mol. The molecule has 0 saturated heterocycles. The zero-order chi connectivity index (χ0) is 11.6. The minimum Gasteiger partial charge on any atom is -0.207 e. The van der Waals surface area contributed by atoms with Crippen molar-refractivity contribution in [2.75, 3.05) is 0 Å². The van der Waals surface area contributed by atoms with Crippen molar-refractivity contribution in [1.82, 2.24) is 0 Å². The van der Waals surface area contributed by atoms with Gasteiger partial charge in [0, 0.05) is 12.8 Å². The van der Waals surface area contributed by atoms with Crippen molar-refractivity contribution in [3.05, 3.63) is 48.0 Å². The summed E-state index contributed by atoms with van der Waals surface area (Å²) in [6.07, 6.45) is -0.284. The first kappa shape index (κ1) is 11.1. The van der Waals surface area contributed by atoms with Crippen LogP contribution in [0, 0.1) is 0 Å². The van der Waals surface area contributed by atoms with Crippen LogP contribution >= 0.6 is 0 Å². The van der Waals surface area contributed by atoms with Gasteiger partial charge in [-0.15, -0.1) is 0 Å². The van der Waals surface area contributed by atoms with Crippen LogP contribution in [0.2, 0.25) is 0 Å². The van der Waals surface area contributed by atoms with Gasteiger partial charge in [0.2, 0.25) is 0 Å². The Morgan fingerprint density at radius 1 is 1.00 bits per heavy atom. The van der Waals surface area contributed by atoms with Gasteiger partial charge in [0.25, 0.3) is 5.92 Å². The fraction of sp³-hybridized carbons (Fsp3) is 0.286. The summed E-state index contributed by atoms with van der Waals surface area (Å²) < 4.78 is 26.5. The maximum atomic E-state index is 13.2. The second-order valence-electron chi connectivity index (χ2n) is 4.07. The number of fused-ring (bicyclic) bond motifs is 1. The molecule has 84 valence electrons. The van der Waals surface area contributed by atoms with E-state index in [1.165, 1.54) is 6.92 Å². The smallest absolute Gasteiger partial charge is 0.207 e. The number of benzene rings is 2. The van der Waals surface area contributed by atoms with E-state index in [0.717, 1.165) is 10.8 Å². The lowest BCUT2D eigenvalue weighted by atomic mass is 10.0. The van der Waals surface area contributed by atoms with Gasteiger partial charge in [0.15, 0.2) is 0 Å². The van der Waals surface area contributed by atoms with E-state index in [2.05, 4.69) is 0 Å². The Morgan fingerprint density at radius 2 is 1.69 bits per heavy atom. The first-order valence-corrected chi connectivity index (χ1v) is 5.46. The van der Waals surface area contributed by atoms with E-state index in [1.807, 2.05) is 36.4 Å². The van der Waals surface area contributed by atoms with Gasteiger partial charge in [-0.1, -0.05) is 49.4 Å². The SMILES string of the molecule is CCC(F)(F)Cc1ccc2ccccc2c1. The molecule has 0 amide bonds. The van der Waals surface area contributed by atoms with E-state index < -0.39 is 5.92 Å². The molecule has 0 radical (unpaired) electrons. The van der Waals surface area contributed by atoms with Crippen LogP contribution in [0.1, 0.15) is 18.9 Å². The predicted molar refractivity (Wildman–Crippen MR) is 62.9 cm³/mol. The first-order chi connectivity index (χ1) is 7.61. The van der Waals surface area contributed by atoms with Gasteiger partial charge < -0.3 is 0 Å². The average Bonchev–Trinajstić information content (AvgIpc) is 2.28. The number of rotatable bonds is 3. The van der Waals surface area contributed by atoms with Crippen LogP contribution in [0.4, 0.5) is 8.78 Å². The largest absolute Gasteiger partial charge is 0.251 e. The Bertz CT molecular complexity index is 489. The predicted octanol–water partition coefficient (Wildman–Crippen LogP) is 4.43. The van der Waals surface area contributed by atoms with Crippen molar-refractivity contribution in [2.24, 2.45) is 0 Å². The van der Waals surface area contributed by atoms with Crippen LogP contribution in [0.5, 0.6) is 0 Å². The third-order valence-electron chi connectivity index (χ3n) is 2.79. The van der Waals surface area contributed by atoms with E-state index in [4.69, 9.17) is 0 Å². The highest BCUT2D eigenvalue weighted by atomic mass is 19.3. The van der Waals surface area contributed by atoms with Gasteiger partial charge in [-0.2, -0.15) is 0 Å². The van der Waals surface area contributed by atoms with Crippen LogP contribution in [0.15, 0.2) is 42.5 Å². The zero-order valence-corrected chi connectivity index (χ0v) is 9.21. The molecule has 0 nitrogen and oxygen atoms in total. The fourth-order valence-electron chi connectivity index (χ4n) is 1.77. The molecule has 0 bridgehead atoms. The molecule has 0 fully saturated rings. The summed E-state index contributed by atoms with van der Waals surface area (Å²) in [7, 11) is 0. The maximum Gasteiger partial charge on any atom is 0.251 e. The second-order valence-corrected chi connectivity index (χ2v) is 4.07. The normalized spacial score (nSPS) is 11.9. The quantitative estimate of drug-likeness (QED) is 0.718. The molecule has 0 aromatic heterocycles. The van der Waals surface area contributed by atoms with Crippen LogP contribution in [0.25, 0.3) is 10.8 Å². The second kappa shape index (κ2) is 4.20. The van der Waals surface area contributed by atoms with Crippen molar-refractivity contribution in [3.63, 3.8) is 0 Å². The molecule has 0 aliphatic rings. The molecule has 0 N–H and O–H groups in total. The standard InChI is InChI=1S/C14H14F2/c1-2-14(15,16)10-11-7-8-12-5-3-4-6-13(12)9-11/h3-9H,2,10H2,1H3. The summed E-state index contributed by atoms with van der Waals surface area (Å²) in [5.74, 6) is -2.59. The molecule has 0 aliphatic heterocycles. The molecule has 0 spiro atoms. The summed E-state index contributed by atoms with van der Waals surface area (Å²) in [5, 5.41) is 2.11. The summed E-state index contributed by atoms with van der Waals surface area (Å²) >= 11 is 0. The van der Waals surface area contributed by atoms with Gasteiger partial charge in [-0.25, -0.2) is 8.78 Å². The summed E-state index contributed by atoms with van der Waals surface area (Å²) in [6.45, 7) is 1.51. The summed E-state index contributed by atoms with van der Waals surface area (Å²) in [5.41, 5.74) is 0.700. The topological polar surface area (TPSA) is 0 Å². The van der Waals surface area contributed by atoms with E-state index in [1.54, 1.807) is 6.07 Å². The van der Waals surface area contributed by atoms with Crippen LogP contribution in [0.3, 0.4) is 0 Å². The molecule has 0 heterocycles. The van der Waals surface area contributed by atoms with Gasteiger partial charge in [0.05, 0.1) is 0 Å². The highest BCUT2D eigenvalue weighted by molar-refractivity contribution is 5.82. The van der Waals surface area contributed by atoms with E-state index in [9.17, 15) is 8.78 Å². The zero-order valence-electron chi connectivity index (χ0n) is 9.21. The third kappa shape index (κ3) is 2.38. The van der Waals surface area contributed by atoms with Gasteiger partial charge in [-0.05, 0) is 16.3 Å². The molecule has 2 aromatic rings. The Balaban J connectivity index is 2.33. The van der Waals surface area contributed by atoms with Gasteiger partial charge in [0.1, 0.15) is 0 Å². The number of hydrogen-bond donors (Lipinski definition) is 0. The lowest BCUT2D eigenvalue weighted by Crippen LogP contribution is -2.17. The molecule has 0 unspecified atom stereocenters. The number of hydrogen-bond acceptors (Lipinski definition) is 0. The highest BCUT2D eigenvalue weighted by Gasteiger charge is 2.26. The molecular weight excluding hydrogens is 206 g/mol. The van der Waals surface area contributed by atoms with E-state index >= 15 is 0 Å². The molecule has 2 heteroatoms. The van der Waals surface area contributed by atoms with Crippen molar-refractivity contribution >= 4 is 10.8 Å². The van der Waals surface area contributed by atoms with E-state index in [-0.39, 0.29) is 12.8 Å². The number of halogens is 2. The average molecular weight is 220 g/mol. The van der Waals surface area contributed by atoms with Crippen molar-refractivity contribution in [3.8, 4) is 0 Å². The van der Waals surface area contributed by atoms with Crippen molar-refractivity contribution < 1.29 is 8.78 Å². The summed E-state index contributed by atoms with van der Waals surface area (Å²) in [4.78, 5) is 0. The molecule has 0 saturated carbocycles.